The van der Waals surface area contributed by atoms with Gasteiger partial charge in [0, 0.05) is 36.8 Å². The minimum Gasteiger partial charge on any atom is -0.389 e. The van der Waals surface area contributed by atoms with Crippen molar-refractivity contribution in [1.29, 1.82) is 0 Å². The first-order valence-electron chi connectivity index (χ1n) is 10.6. The quantitative estimate of drug-likeness (QED) is 0.310. The van der Waals surface area contributed by atoms with Gasteiger partial charge in [0.2, 0.25) is 10.0 Å². The minimum absolute atomic E-state index is 0.0223. The number of pyridine rings is 1. The molecule has 1 aromatic carbocycles. The first kappa shape index (κ1) is 24.9. The molecule has 1 fully saturated rings. The molecule has 4 rings (SSSR count). The Morgan fingerprint density at radius 2 is 2.06 bits per heavy atom. The number of nitrogens with one attached hydrogen (secondary N) is 2. The van der Waals surface area contributed by atoms with E-state index in [1.807, 2.05) is 12.1 Å². The highest BCUT2D eigenvalue weighted by atomic mass is 32.2. The first-order chi connectivity index (χ1) is 16.9. The van der Waals surface area contributed by atoms with Gasteiger partial charge >= 0.3 is 0 Å². The predicted molar refractivity (Wildman–Crippen MR) is 127 cm³/mol. The molecule has 0 spiro atoms. The second kappa shape index (κ2) is 11.4. The van der Waals surface area contributed by atoms with Crippen molar-refractivity contribution < 1.29 is 27.2 Å². The third-order valence-corrected chi connectivity index (χ3v) is 7.11. The van der Waals surface area contributed by atoms with Gasteiger partial charge in [0.1, 0.15) is 0 Å². The number of thiazole rings is 1. The van der Waals surface area contributed by atoms with E-state index in [4.69, 9.17) is 9.57 Å². The molecule has 0 unspecified atom stereocenters. The van der Waals surface area contributed by atoms with Gasteiger partial charge in [-0.1, -0.05) is 34.7 Å². The first-order valence-corrected chi connectivity index (χ1v) is 12.9. The molecule has 1 aliphatic rings. The van der Waals surface area contributed by atoms with E-state index in [0.717, 1.165) is 11.9 Å². The van der Waals surface area contributed by atoms with E-state index in [1.165, 1.54) is 24.3 Å². The fourth-order valence-corrected chi connectivity index (χ4v) is 4.72. The molecule has 1 saturated heterocycles. The summed E-state index contributed by atoms with van der Waals surface area (Å²) in [6.07, 6.45) is 3.39. The lowest BCUT2D eigenvalue weighted by Crippen LogP contribution is -2.27. The summed E-state index contributed by atoms with van der Waals surface area (Å²) in [5, 5.41) is 5.97. The van der Waals surface area contributed by atoms with Crippen LogP contribution in [0.4, 0.5) is 9.52 Å². The number of carbonyl (C=O) groups is 1. The summed E-state index contributed by atoms with van der Waals surface area (Å²) in [7, 11) is -3.78. The topological polar surface area (TPSA) is 132 Å². The third kappa shape index (κ3) is 6.88. The van der Waals surface area contributed by atoms with Crippen LogP contribution in [-0.2, 0) is 30.8 Å². The van der Waals surface area contributed by atoms with Gasteiger partial charge in [-0.3, -0.25) is 15.1 Å². The number of hydrogen-bond acceptors (Lipinski definition) is 9. The average Bonchev–Trinajstić information content (AvgIpc) is 3.52. The van der Waals surface area contributed by atoms with Crippen molar-refractivity contribution in [2.75, 3.05) is 25.1 Å². The van der Waals surface area contributed by atoms with Crippen molar-refractivity contribution in [2.24, 2.45) is 5.16 Å². The van der Waals surface area contributed by atoms with Gasteiger partial charge in [-0.25, -0.2) is 18.1 Å². The van der Waals surface area contributed by atoms with E-state index in [2.05, 4.69) is 25.2 Å². The molecule has 1 atom stereocenters. The fourth-order valence-electron chi connectivity index (χ4n) is 3.15. The summed E-state index contributed by atoms with van der Waals surface area (Å²) in [5.74, 6) is -0.678. The van der Waals surface area contributed by atoms with E-state index in [0.29, 0.717) is 43.0 Å². The molecule has 0 aliphatic carbocycles. The molecule has 1 amide bonds. The van der Waals surface area contributed by atoms with Crippen molar-refractivity contribution in [3.8, 4) is 0 Å². The number of anilines is 1. The Morgan fingerprint density at radius 3 is 2.71 bits per heavy atom. The number of carbonyl (C=O) groups excluding carboxylic acids is 1. The molecule has 0 saturated carbocycles. The summed E-state index contributed by atoms with van der Waals surface area (Å²) in [4.78, 5) is 26.2. The Morgan fingerprint density at radius 1 is 1.23 bits per heavy atom. The molecule has 1 aliphatic heterocycles. The molecule has 10 nitrogen and oxygen atoms in total. The van der Waals surface area contributed by atoms with Crippen molar-refractivity contribution in [2.45, 2.75) is 23.8 Å². The molecule has 2 N–H and O–H groups in total. The van der Waals surface area contributed by atoms with E-state index in [1.54, 1.807) is 12.3 Å². The molecular formula is C22H22FN5O5S2. The number of rotatable bonds is 10. The third-order valence-electron chi connectivity index (χ3n) is 4.93. The van der Waals surface area contributed by atoms with Gasteiger partial charge in [-0.05, 0) is 24.3 Å². The largest absolute Gasteiger partial charge is 0.389 e. The summed E-state index contributed by atoms with van der Waals surface area (Å²) in [6.45, 7) is 1.05. The van der Waals surface area contributed by atoms with Gasteiger partial charge in [0.05, 0.1) is 24.3 Å². The smallest absolute Gasteiger partial charge is 0.280 e. The van der Waals surface area contributed by atoms with Gasteiger partial charge in [-0.15, -0.1) is 0 Å². The lowest BCUT2D eigenvalue weighted by molar-refractivity contribution is -0.110. The highest BCUT2D eigenvalue weighted by molar-refractivity contribution is 7.89. The van der Waals surface area contributed by atoms with Crippen LogP contribution < -0.4 is 10.0 Å². The minimum atomic E-state index is -3.78. The van der Waals surface area contributed by atoms with E-state index < -0.39 is 21.1 Å². The van der Waals surface area contributed by atoms with Gasteiger partial charge in [0.25, 0.3) is 5.91 Å². The van der Waals surface area contributed by atoms with Crippen molar-refractivity contribution in [3.05, 3.63) is 71.2 Å². The van der Waals surface area contributed by atoms with Crippen LogP contribution in [0.1, 0.15) is 17.7 Å². The zero-order chi connectivity index (χ0) is 24.7. The van der Waals surface area contributed by atoms with Crippen LogP contribution >= 0.6 is 11.3 Å². The van der Waals surface area contributed by atoms with Crippen molar-refractivity contribution in [1.82, 2.24) is 14.7 Å². The van der Waals surface area contributed by atoms with Crippen molar-refractivity contribution in [3.63, 3.8) is 0 Å². The summed E-state index contributed by atoms with van der Waals surface area (Å²) in [6, 6.07) is 11.1. The predicted octanol–water partition coefficient (Wildman–Crippen LogP) is 2.35. The van der Waals surface area contributed by atoms with Crippen LogP contribution in [0.25, 0.3) is 0 Å². The number of nitrogens with zero attached hydrogens (tertiary/aromatic N) is 3. The van der Waals surface area contributed by atoms with E-state index in [9.17, 15) is 17.6 Å². The number of aromatic nitrogens is 2. The number of benzene rings is 1. The van der Waals surface area contributed by atoms with Crippen LogP contribution in [0.2, 0.25) is 0 Å². The molecule has 0 bridgehead atoms. The van der Waals surface area contributed by atoms with Crippen LogP contribution in [0.15, 0.2) is 64.9 Å². The van der Waals surface area contributed by atoms with Gasteiger partial charge in [-0.2, -0.15) is 4.39 Å². The maximum absolute atomic E-state index is 13.3. The molecule has 184 valence electrons. The van der Waals surface area contributed by atoms with Gasteiger partial charge < -0.3 is 9.57 Å². The van der Waals surface area contributed by atoms with Crippen LogP contribution in [0.3, 0.4) is 0 Å². The monoisotopic (exact) mass is 519 g/mol. The average molecular weight is 520 g/mol. The Kier molecular flexibility index (Phi) is 8.13. The number of sulfonamides is 1. The maximum atomic E-state index is 13.3. The summed E-state index contributed by atoms with van der Waals surface area (Å²) >= 11 is 0.666. The molecule has 35 heavy (non-hydrogen) atoms. The lowest BCUT2D eigenvalue weighted by Gasteiger charge is -2.11. The molecular weight excluding hydrogens is 497 g/mol. The summed E-state index contributed by atoms with van der Waals surface area (Å²) in [5.41, 5.74) is 0.968. The second-order valence-corrected chi connectivity index (χ2v) is 10.2. The lowest BCUT2D eigenvalue weighted by atomic mass is 10.1. The Hall–Kier alpha value is -3.26. The van der Waals surface area contributed by atoms with Crippen LogP contribution in [-0.4, -0.2) is 55.9 Å². The number of oxime groups is 1. The molecule has 13 heteroatoms. The maximum Gasteiger partial charge on any atom is 0.280 e. The normalized spacial score (nSPS) is 16.3. The Labute approximate surface area is 205 Å². The SMILES string of the molecule is O=C(Nc1ncc(F)s1)C(=NO[C@@H]1CCOC1)c1ccc(S(=O)(=O)NCCc2ccccn2)cc1. The highest BCUT2D eigenvalue weighted by Crippen LogP contribution is 2.18. The van der Waals surface area contributed by atoms with Crippen LogP contribution in [0, 0.1) is 5.13 Å². The van der Waals surface area contributed by atoms with Gasteiger partial charge in [0.15, 0.2) is 22.1 Å². The Bertz CT molecular complexity index is 1280. The molecule has 2 aromatic heterocycles. The highest BCUT2D eigenvalue weighted by Gasteiger charge is 2.22. The Balaban J connectivity index is 1.47. The number of ether oxygens (including phenoxy) is 1. The number of halogens is 1. The molecule has 3 aromatic rings. The van der Waals surface area contributed by atoms with E-state index in [-0.39, 0.29) is 28.4 Å². The van der Waals surface area contributed by atoms with Crippen LogP contribution in [0.5, 0.6) is 0 Å². The molecule has 0 radical (unpaired) electrons. The molecule has 3 heterocycles. The fraction of sp³-hybridized carbons (Fsp3) is 0.273. The zero-order valence-corrected chi connectivity index (χ0v) is 20.0. The van der Waals surface area contributed by atoms with Crippen molar-refractivity contribution >= 4 is 38.1 Å². The zero-order valence-electron chi connectivity index (χ0n) is 18.4. The standard InChI is InChI=1S/C22H22FN5O5S2/c23-19-13-25-22(34-19)27-21(29)20(28-33-17-9-12-32-14-17)15-4-6-18(7-5-15)35(30,31)26-11-8-16-3-1-2-10-24-16/h1-7,10,13,17,26H,8-9,11-12,14H2,(H,25,27,29)/t17-/m1/s1. The number of amides is 1. The van der Waals surface area contributed by atoms with E-state index >= 15 is 0 Å². The summed E-state index contributed by atoms with van der Waals surface area (Å²) < 4.78 is 46.4. The second-order valence-electron chi connectivity index (χ2n) is 7.45. The number of hydrogen-bond donors (Lipinski definition) is 2.